The molecule has 96 valence electrons. The van der Waals surface area contributed by atoms with Crippen LogP contribution in [0.3, 0.4) is 0 Å². The molecule has 0 unspecified atom stereocenters. The summed E-state index contributed by atoms with van der Waals surface area (Å²) in [6, 6.07) is 0. The van der Waals surface area contributed by atoms with Gasteiger partial charge in [0.05, 0.1) is 0 Å². The molecule has 2 nitrogen and oxygen atoms in total. The first-order chi connectivity index (χ1) is 7.82. The van der Waals surface area contributed by atoms with E-state index in [9.17, 15) is 5.11 Å². The van der Waals surface area contributed by atoms with Crippen molar-refractivity contribution in [2.75, 3.05) is 14.1 Å². The van der Waals surface area contributed by atoms with Crippen LogP contribution in [0.15, 0.2) is 34.8 Å². The molecule has 0 aromatic carbocycles. The number of hydrogen-bond donors (Lipinski definition) is 1. The minimum absolute atomic E-state index is 0.356. The Balaban J connectivity index is 3.17. The van der Waals surface area contributed by atoms with E-state index in [-0.39, 0.29) is 0 Å². The number of aliphatic hydroxyl groups is 1. The maximum atomic E-state index is 10.3. The molecule has 1 rings (SSSR count). The van der Waals surface area contributed by atoms with Gasteiger partial charge in [-0.15, -0.1) is 0 Å². The number of rotatable bonds is 3. The number of allylic oxidation sites excluding steroid dienone is 4. The summed E-state index contributed by atoms with van der Waals surface area (Å²) < 4.78 is 0. The Bertz CT molecular complexity index is 370. The summed E-state index contributed by atoms with van der Waals surface area (Å²) in [5.74, 6) is 1.27. The summed E-state index contributed by atoms with van der Waals surface area (Å²) in [6.07, 6.45) is 5.13. The van der Waals surface area contributed by atoms with Gasteiger partial charge in [-0.05, 0) is 35.0 Å². The van der Waals surface area contributed by atoms with Crippen molar-refractivity contribution in [2.24, 2.45) is 11.8 Å². The molecule has 0 saturated heterocycles. The molecule has 1 aliphatic rings. The van der Waals surface area contributed by atoms with Gasteiger partial charge in [0, 0.05) is 20.3 Å². The van der Waals surface area contributed by atoms with Crippen molar-refractivity contribution in [1.82, 2.24) is 4.90 Å². The van der Waals surface area contributed by atoms with Crippen molar-refractivity contribution in [2.45, 2.75) is 34.1 Å². The Hall–Kier alpha value is -1.18. The van der Waals surface area contributed by atoms with Crippen LogP contribution in [0, 0.1) is 11.8 Å². The average molecular weight is 235 g/mol. The summed E-state index contributed by atoms with van der Waals surface area (Å²) in [5, 5.41) is 10.3. The van der Waals surface area contributed by atoms with E-state index in [1.807, 2.05) is 14.1 Å². The van der Waals surface area contributed by atoms with Gasteiger partial charge in [0.2, 0.25) is 0 Å². The topological polar surface area (TPSA) is 23.5 Å². The zero-order chi connectivity index (χ0) is 13.2. The van der Waals surface area contributed by atoms with E-state index in [2.05, 4.69) is 44.9 Å². The fourth-order valence-electron chi connectivity index (χ4n) is 2.14. The zero-order valence-corrected chi connectivity index (χ0v) is 11.9. The third kappa shape index (κ3) is 3.39. The standard InChI is InChI=1S/C15H25NO/c1-10(2)13-7-12(9-16(5)6)8-14(11(3)4)15(13)17/h7,9-11,17H,8H2,1-6H3. The third-order valence-corrected chi connectivity index (χ3v) is 3.06. The highest BCUT2D eigenvalue weighted by Gasteiger charge is 2.21. The molecule has 0 saturated carbocycles. The highest BCUT2D eigenvalue weighted by Crippen LogP contribution is 2.34. The highest BCUT2D eigenvalue weighted by atomic mass is 16.3. The first-order valence-corrected chi connectivity index (χ1v) is 6.34. The Labute approximate surface area is 105 Å². The van der Waals surface area contributed by atoms with Crippen LogP contribution in [0.1, 0.15) is 34.1 Å². The maximum absolute atomic E-state index is 10.3. The van der Waals surface area contributed by atoms with Crippen molar-refractivity contribution in [1.29, 1.82) is 0 Å². The molecule has 1 aliphatic carbocycles. The van der Waals surface area contributed by atoms with Gasteiger partial charge >= 0.3 is 0 Å². The molecule has 0 aliphatic heterocycles. The van der Waals surface area contributed by atoms with Crippen molar-refractivity contribution in [3.63, 3.8) is 0 Å². The van der Waals surface area contributed by atoms with Crippen molar-refractivity contribution in [3.8, 4) is 0 Å². The molecule has 0 heterocycles. The largest absolute Gasteiger partial charge is 0.508 e. The first kappa shape index (κ1) is 13.9. The smallest absolute Gasteiger partial charge is 0.118 e. The third-order valence-electron chi connectivity index (χ3n) is 3.06. The summed E-state index contributed by atoms with van der Waals surface area (Å²) in [6.45, 7) is 8.53. The van der Waals surface area contributed by atoms with Gasteiger partial charge in [-0.1, -0.05) is 33.8 Å². The van der Waals surface area contributed by atoms with Gasteiger partial charge in [0.15, 0.2) is 0 Å². The number of aliphatic hydroxyl groups excluding tert-OH is 1. The molecule has 0 amide bonds. The van der Waals surface area contributed by atoms with Crippen molar-refractivity contribution < 1.29 is 5.11 Å². The van der Waals surface area contributed by atoms with Gasteiger partial charge in [-0.3, -0.25) is 0 Å². The fourth-order valence-corrected chi connectivity index (χ4v) is 2.14. The molecular weight excluding hydrogens is 210 g/mol. The van der Waals surface area contributed by atoms with E-state index < -0.39 is 0 Å². The lowest BCUT2D eigenvalue weighted by Crippen LogP contribution is -2.13. The van der Waals surface area contributed by atoms with Gasteiger partial charge in [-0.25, -0.2) is 0 Å². The molecule has 1 N–H and O–H groups in total. The van der Waals surface area contributed by atoms with E-state index >= 15 is 0 Å². The van der Waals surface area contributed by atoms with E-state index in [1.54, 1.807) is 0 Å². The Kier molecular flexibility index (Phi) is 4.44. The molecule has 0 fully saturated rings. The monoisotopic (exact) mass is 235 g/mol. The second-order valence-corrected chi connectivity index (χ2v) is 5.63. The SMILES string of the molecule is CC(C)C1=CC(=CN(C)C)CC(C(C)C)=C1O. The van der Waals surface area contributed by atoms with Crippen molar-refractivity contribution in [3.05, 3.63) is 34.8 Å². The molecule has 0 aromatic rings. The van der Waals surface area contributed by atoms with Crippen LogP contribution < -0.4 is 0 Å². The summed E-state index contributed by atoms with van der Waals surface area (Å²) >= 11 is 0. The average Bonchev–Trinajstić information content (AvgIpc) is 2.18. The van der Waals surface area contributed by atoms with Gasteiger partial charge in [0.1, 0.15) is 5.76 Å². The quantitative estimate of drug-likeness (QED) is 0.802. The zero-order valence-electron chi connectivity index (χ0n) is 11.9. The van der Waals surface area contributed by atoms with Crippen LogP contribution in [-0.4, -0.2) is 24.1 Å². The van der Waals surface area contributed by atoms with Crippen LogP contribution in [0.5, 0.6) is 0 Å². The normalized spacial score (nSPS) is 19.3. The van der Waals surface area contributed by atoms with Crippen molar-refractivity contribution >= 4 is 0 Å². The van der Waals surface area contributed by atoms with Crippen LogP contribution in [0.2, 0.25) is 0 Å². The Morgan fingerprint density at radius 1 is 1.18 bits per heavy atom. The van der Waals surface area contributed by atoms with Crippen LogP contribution in [0.25, 0.3) is 0 Å². The van der Waals surface area contributed by atoms with Crippen LogP contribution in [-0.2, 0) is 0 Å². The van der Waals surface area contributed by atoms with Gasteiger partial charge < -0.3 is 10.0 Å². The minimum Gasteiger partial charge on any atom is -0.508 e. The second-order valence-electron chi connectivity index (χ2n) is 5.63. The van der Waals surface area contributed by atoms with E-state index in [0.717, 1.165) is 17.6 Å². The van der Waals surface area contributed by atoms with E-state index in [1.165, 1.54) is 5.57 Å². The summed E-state index contributed by atoms with van der Waals surface area (Å²) in [5.41, 5.74) is 3.50. The molecule has 0 radical (unpaired) electrons. The lowest BCUT2D eigenvalue weighted by Gasteiger charge is -2.25. The molecular formula is C15H25NO. The van der Waals surface area contributed by atoms with Gasteiger partial charge in [0.25, 0.3) is 0 Å². The molecule has 17 heavy (non-hydrogen) atoms. The lowest BCUT2D eigenvalue weighted by atomic mass is 9.84. The molecule has 0 spiro atoms. The molecule has 0 aromatic heterocycles. The second kappa shape index (κ2) is 5.44. The maximum Gasteiger partial charge on any atom is 0.118 e. The summed E-state index contributed by atoms with van der Waals surface area (Å²) in [7, 11) is 4.06. The predicted octanol–water partition coefficient (Wildman–Crippen LogP) is 3.89. The molecule has 0 bridgehead atoms. The lowest BCUT2D eigenvalue weighted by molar-refractivity contribution is 0.390. The predicted molar refractivity (Wildman–Crippen MR) is 73.8 cm³/mol. The Morgan fingerprint density at radius 2 is 1.76 bits per heavy atom. The van der Waals surface area contributed by atoms with Gasteiger partial charge in [-0.2, -0.15) is 0 Å². The highest BCUT2D eigenvalue weighted by molar-refractivity contribution is 5.45. The fraction of sp³-hybridized carbons (Fsp3) is 0.600. The van der Waals surface area contributed by atoms with Crippen LogP contribution >= 0.6 is 0 Å². The van der Waals surface area contributed by atoms with E-state index in [0.29, 0.717) is 17.6 Å². The Morgan fingerprint density at radius 3 is 2.18 bits per heavy atom. The molecule has 0 atom stereocenters. The van der Waals surface area contributed by atoms with Crippen LogP contribution in [0.4, 0.5) is 0 Å². The summed E-state index contributed by atoms with van der Waals surface area (Å²) in [4.78, 5) is 2.06. The molecule has 2 heteroatoms. The minimum atomic E-state index is 0.356. The number of hydrogen-bond acceptors (Lipinski definition) is 2. The number of nitrogens with zero attached hydrogens (tertiary/aromatic N) is 1. The van der Waals surface area contributed by atoms with E-state index in [4.69, 9.17) is 0 Å². The first-order valence-electron chi connectivity index (χ1n) is 6.34.